The maximum Gasteiger partial charge on any atom is 0.329 e. The van der Waals surface area contributed by atoms with Crippen molar-refractivity contribution in [2.24, 2.45) is 0 Å². The second-order valence-electron chi connectivity index (χ2n) is 3.95. The van der Waals surface area contributed by atoms with Crippen molar-refractivity contribution in [1.29, 1.82) is 0 Å². The number of hydrogen-bond donors (Lipinski definition) is 1. The summed E-state index contributed by atoms with van der Waals surface area (Å²) in [6.07, 6.45) is 0. The fourth-order valence-electron chi connectivity index (χ4n) is 1.90. The van der Waals surface area contributed by atoms with Crippen molar-refractivity contribution < 1.29 is 0 Å². The second-order valence-corrected chi connectivity index (χ2v) is 4.98. The lowest BCUT2D eigenvalue weighted by Crippen LogP contribution is -2.35. The highest BCUT2D eigenvalue weighted by atomic mass is 32.1. The van der Waals surface area contributed by atoms with Crippen LogP contribution in [0.1, 0.15) is 4.88 Å². The predicted octanol–water partition coefficient (Wildman–Crippen LogP) is 1.80. The second kappa shape index (κ2) is 4.27. The number of hydrogen-bond acceptors (Lipinski definition) is 3. The van der Waals surface area contributed by atoms with E-state index >= 15 is 0 Å². The van der Waals surface area contributed by atoms with Gasteiger partial charge < -0.3 is 4.98 Å². The minimum absolute atomic E-state index is 0.247. The van der Waals surface area contributed by atoms with Crippen LogP contribution in [0.3, 0.4) is 0 Å². The molecule has 0 atom stereocenters. The molecule has 2 heterocycles. The summed E-state index contributed by atoms with van der Waals surface area (Å²) in [6, 6.07) is 10.8. The van der Waals surface area contributed by atoms with E-state index in [4.69, 9.17) is 0 Å². The molecule has 3 rings (SSSR count). The van der Waals surface area contributed by atoms with Crippen LogP contribution in [0.4, 0.5) is 0 Å². The van der Waals surface area contributed by atoms with Crippen LogP contribution < -0.4 is 11.2 Å². The third-order valence-electron chi connectivity index (χ3n) is 2.78. The molecule has 0 aliphatic heterocycles. The molecule has 4 nitrogen and oxygen atoms in total. The molecule has 18 heavy (non-hydrogen) atoms. The van der Waals surface area contributed by atoms with Gasteiger partial charge in [-0.15, -0.1) is 11.3 Å². The van der Waals surface area contributed by atoms with E-state index < -0.39 is 0 Å². The fourth-order valence-corrected chi connectivity index (χ4v) is 2.59. The number of fused-ring (bicyclic) bond motifs is 1. The van der Waals surface area contributed by atoms with E-state index in [-0.39, 0.29) is 11.2 Å². The van der Waals surface area contributed by atoms with Gasteiger partial charge >= 0.3 is 5.69 Å². The van der Waals surface area contributed by atoms with Crippen LogP contribution in [-0.2, 0) is 6.54 Å². The molecule has 3 aromatic rings. The van der Waals surface area contributed by atoms with Gasteiger partial charge in [0.05, 0.1) is 17.4 Å². The minimum atomic E-state index is -0.368. The Bertz CT molecular complexity index is 800. The largest absolute Gasteiger partial charge is 0.329 e. The molecule has 0 amide bonds. The molecule has 0 fully saturated rings. The van der Waals surface area contributed by atoms with Crippen molar-refractivity contribution in [1.82, 2.24) is 9.55 Å². The van der Waals surface area contributed by atoms with Crippen molar-refractivity contribution in [2.75, 3.05) is 0 Å². The molecule has 0 saturated heterocycles. The minimum Gasteiger partial charge on any atom is -0.307 e. The first kappa shape index (κ1) is 11.0. The summed E-state index contributed by atoms with van der Waals surface area (Å²) in [7, 11) is 0. The number of aromatic amines is 1. The molecular formula is C13H10N2O2S. The summed E-state index contributed by atoms with van der Waals surface area (Å²) >= 11 is 1.53. The van der Waals surface area contributed by atoms with Gasteiger partial charge in [-0.2, -0.15) is 0 Å². The van der Waals surface area contributed by atoms with Crippen molar-refractivity contribution >= 4 is 22.2 Å². The van der Waals surface area contributed by atoms with Gasteiger partial charge in [0, 0.05) is 4.88 Å². The number of thiophene rings is 1. The average Bonchev–Trinajstić information content (AvgIpc) is 2.87. The Labute approximate surface area is 106 Å². The Balaban J connectivity index is 2.23. The van der Waals surface area contributed by atoms with Crippen molar-refractivity contribution in [3.8, 4) is 0 Å². The van der Waals surface area contributed by atoms with E-state index in [0.29, 0.717) is 17.4 Å². The Morgan fingerprint density at radius 2 is 1.94 bits per heavy atom. The highest BCUT2D eigenvalue weighted by Crippen LogP contribution is 2.09. The monoisotopic (exact) mass is 258 g/mol. The predicted molar refractivity (Wildman–Crippen MR) is 72.2 cm³/mol. The van der Waals surface area contributed by atoms with Gasteiger partial charge in [0.15, 0.2) is 0 Å². The highest BCUT2D eigenvalue weighted by Gasteiger charge is 2.07. The number of para-hydroxylation sites is 1. The van der Waals surface area contributed by atoms with Crippen molar-refractivity contribution in [2.45, 2.75) is 6.54 Å². The van der Waals surface area contributed by atoms with E-state index in [2.05, 4.69) is 4.98 Å². The molecule has 0 bridgehead atoms. The lowest BCUT2D eigenvalue weighted by Gasteiger charge is -2.04. The van der Waals surface area contributed by atoms with Gasteiger partial charge in [-0.1, -0.05) is 18.2 Å². The highest BCUT2D eigenvalue weighted by molar-refractivity contribution is 7.09. The zero-order chi connectivity index (χ0) is 12.5. The van der Waals surface area contributed by atoms with Crippen molar-refractivity contribution in [3.63, 3.8) is 0 Å². The normalized spacial score (nSPS) is 10.9. The van der Waals surface area contributed by atoms with Gasteiger partial charge in [-0.05, 0) is 23.6 Å². The molecule has 1 N–H and O–H groups in total. The lowest BCUT2D eigenvalue weighted by atomic mass is 10.2. The van der Waals surface area contributed by atoms with E-state index in [9.17, 15) is 9.59 Å². The number of aromatic nitrogens is 2. The van der Waals surface area contributed by atoms with Crippen LogP contribution in [-0.4, -0.2) is 9.55 Å². The molecule has 0 radical (unpaired) electrons. The number of rotatable bonds is 2. The number of nitrogens with one attached hydrogen (secondary N) is 1. The summed E-state index contributed by atoms with van der Waals surface area (Å²) < 4.78 is 1.23. The maximum atomic E-state index is 12.2. The SMILES string of the molecule is O=c1[nH]c2ccccc2c(=O)n1Cc1cccs1. The molecule has 5 heteroatoms. The first-order valence-corrected chi connectivity index (χ1v) is 6.38. The maximum absolute atomic E-state index is 12.2. The topological polar surface area (TPSA) is 54.9 Å². The van der Waals surface area contributed by atoms with Crippen LogP contribution in [0.2, 0.25) is 0 Å². The lowest BCUT2D eigenvalue weighted by molar-refractivity contribution is 0.720. The Morgan fingerprint density at radius 3 is 2.72 bits per heavy atom. The summed E-state index contributed by atoms with van der Waals surface area (Å²) in [6.45, 7) is 0.316. The summed E-state index contributed by atoms with van der Waals surface area (Å²) in [5, 5.41) is 2.46. The third-order valence-corrected chi connectivity index (χ3v) is 3.64. The van der Waals surface area contributed by atoms with Gasteiger partial charge in [-0.25, -0.2) is 4.79 Å². The van der Waals surface area contributed by atoms with Crippen LogP contribution >= 0.6 is 11.3 Å². The summed E-state index contributed by atoms with van der Waals surface area (Å²) in [5.41, 5.74) is -0.0372. The van der Waals surface area contributed by atoms with Crippen molar-refractivity contribution in [3.05, 3.63) is 67.5 Å². The third kappa shape index (κ3) is 1.78. The Hall–Kier alpha value is -2.14. The molecule has 90 valence electrons. The molecule has 0 aliphatic rings. The van der Waals surface area contributed by atoms with E-state index in [1.165, 1.54) is 15.9 Å². The Kier molecular flexibility index (Phi) is 2.60. The quantitative estimate of drug-likeness (QED) is 0.762. The number of nitrogens with zero attached hydrogens (tertiary/aromatic N) is 1. The van der Waals surface area contributed by atoms with Gasteiger partial charge in [-0.3, -0.25) is 9.36 Å². The van der Waals surface area contributed by atoms with Crippen LogP contribution in [0.5, 0.6) is 0 Å². The van der Waals surface area contributed by atoms with Crippen LogP contribution in [0, 0.1) is 0 Å². The molecule has 0 aliphatic carbocycles. The molecular weight excluding hydrogens is 248 g/mol. The molecule has 0 saturated carbocycles. The molecule has 0 spiro atoms. The molecule has 1 aromatic carbocycles. The summed E-state index contributed by atoms with van der Waals surface area (Å²) in [4.78, 5) is 27.8. The van der Waals surface area contributed by atoms with E-state index in [1.54, 1.807) is 24.3 Å². The van der Waals surface area contributed by atoms with Crippen LogP contribution in [0.15, 0.2) is 51.4 Å². The average molecular weight is 258 g/mol. The van der Waals surface area contributed by atoms with E-state index in [1.807, 2.05) is 17.5 Å². The van der Waals surface area contributed by atoms with Crippen LogP contribution in [0.25, 0.3) is 10.9 Å². The smallest absolute Gasteiger partial charge is 0.307 e. The zero-order valence-corrected chi connectivity index (χ0v) is 10.2. The first-order chi connectivity index (χ1) is 8.75. The zero-order valence-electron chi connectivity index (χ0n) is 9.42. The first-order valence-electron chi connectivity index (χ1n) is 5.50. The number of H-pyrrole nitrogens is 1. The molecule has 2 aromatic heterocycles. The molecule has 0 unspecified atom stereocenters. The fraction of sp³-hybridized carbons (Fsp3) is 0.0769. The van der Waals surface area contributed by atoms with Gasteiger partial charge in [0.1, 0.15) is 0 Å². The van der Waals surface area contributed by atoms with Gasteiger partial charge in [0.2, 0.25) is 0 Å². The summed E-state index contributed by atoms with van der Waals surface area (Å²) in [5.74, 6) is 0. The van der Waals surface area contributed by atoms with Gasteiger partial charge in [0.25, 0.3) is 5.56 Å². The standard InChI is InChI=1S/C13H10N2O2S/c16-12-10-5-1-2-6-11(10)14-13(17)15(12)8-9-4-3-7-18-9/h1-7H,8H2,(H,14,17). The van der Waals surface area contributed by atoms with E-state index in [0.717, 1.165) is 4.88 Å². The Morgan fingerprint density at radius 1 is 1.11 bits per heavy atom. The number of benzene rings is 1.